The summed E-state index contributed by atoms with van der Waals surface area (Å²) in [6.45, 7) is 2.55. The van der Waals surface area contributed by atoms with Gasteiger partial charge in [-0.2, -0.15) is 9.57 Å². The molecule has 0 saturated carbocycles. The summed E-state index contributed by atoms with van der Waals surface area (Å²) in [6, 6.07) is 14.4. The quantitative estimate of drug-likeness (QED) is 0.856. The largest absolute Gasteiger partial charge is 0.243 e. The fourth-order valence-electron chi connectivity index (χ4n) is 2.54. The normalized spacial score (nSPS) is 14.7. The zero-order valence-electron chi connectivity index (χ0n) is 11.6. The summed E-state index contributed by atoms with van der Waals surface area (Å²) < 4.78 is 26.9. The third kappa shape index (κ3) is 2.33. The van der Waals surface area contributed by atoms with Crippen molar-refractivity contribution < 1.29 is 8.42 Å². The van der Waals surface area contributed by atoms with Crippen LogP contribution in [0.2, 0.25) is 0 Å². The Morgan fingerprint density at radius 1 is 1.10 bits per heavy atom. The molecule has 2 aromatic rings. The molecule has 2 aromatic carbocycles. The third-order valence-corrected chi connectivity index (χ3v) is 5.56. The minimum atomic E-state index is -3.53. The number of nitriles is 1. The summed E-state index contributed by atoms with van der Waals surface area (Å²) in [4.78, 5) is 0.242. The van der Waals surface area contributed by atoms with Crippen LogP contribution in [0.4, 0.5) is 0 Å². The van der Waals surface area contributed by atoms with Gasteiger partial charge in [-0.15, -0.1) is 0 Å². The first-order chi connectivity index (χ1) is 10.0. The van der Waals surface area contributed by atoms with Crippen molar-refractivity contribution in [3.63, 3.8) is 0 Å². The number of rotatable bonds is 2. The van der Waals surface area contributed by atoms with Crippen LogP contribution in [0.1, 0.15) is 22.3 Å². The standard InChI is InChI=1S/C16H14N2O2S/c1-12-8-16(7-6-13(12)9-17)21(19,20)18-10-14-4-2-3-5-15(14)11-18/h2-8H,10-11H2,1H3. The molecule has 4 nitrogen and oxygen atoms in total. The van der Waals surface area contributed by atoms with E-state index in [-0.39, 0.29) is 4.90 Å². The average Bonchev–Trinajstić information content (AvgIpc) is 2.92. The van der Waals surface area contributed by atoms with Crippen LogP contribution in [-0.4, -0.2) is 12.7 Å². The van der Waals surface area contributed by atoms with Gasteiger partial charge in [0, 0.05) is 13.1 Å². The van der Waals surface area contributed by atoms with Crippen LogP contribution < -0.4 is 0 Å². The Hall–Kier alpha value is -2.16. The highest BCUT2D eigenvalue weighted by molar-refractivity contribution is 7.89. The molecule has 0 radical (unpaired) electrons. The van der Waals surface area contributed by atoms with Crippen molar-refractivity contribution in [3.8, 4) is 6.07 Å². The molecule has 0 aromatic heterocycles. The van der Waals surface area contributed by atoms with Crippen molar-refractivity contribution >= 4 is 10.0 Å². The maximum atomic E-state index is 12.7. The van der Waals surface area contributed by atoms with E-state index in [1.807, 2.05) is 30.3 Å². The topological polar surface area (TPSA) is 61.2 Å². The lowest BCUT2D eigenvalue weighted by molar-refractivity contribution is 0.431. The van der Waals surface area contributed by atoms with E-state index in [0.717, 1.165) is 11.1 Å². The molecule has 0 saturated heterocycles. The van der Waals surface area contributed by atoms with E-state index in [1.165, 1.54) is 10.4 Å². The summed E-state index contributed by atoms with van der Waals surface area (Å²) in [6.07, 6.45) is 0. The average molecular weight is 298 g/mol. The first-order valence-electron chi connectivity index (χ1n) is 6.60. The van der Waals surface area contributed by atoms with Crippen molar-refractivity contribution in [1.29, 1.82) is 5.26 Å². The molecule has 3 rings (SSSR count). The van der Waals surface area contributed by atoms with Gasteiger partial charge in [0.25, 0.3) is 0 Å². The van der Waals surface area contributed by atoms with Gasteiger partial charge in [0.15, 0.2) is 0 Å². The number of aryl methyl sites for hydroxylation is 1. The number of hydrogen-bond acceptors (Lipinski definition) is 3. The monoisotopic (exact) mass is 298 g/mol. The van der Waals surface area contributed by atoms with Gasteiger partial charge in [-0.1, -0.05) is 24.3 Å². The maximum Gasteiger partial charge on any atom is 0.243 e. The van der Waals surface area contributed by atoms with Crippen LogP contribution in [0.5, 0.6) is 0 Å². The fourth-order valence-corrected chi connectivity index (χ4v) is 4.02. The Morgan fingerprint density at radius 2 is 1.71 bits per heavy atom. The van der Waals surface area contributed by atoms with Gasteiger partial charge >= 0.3 is 0 Å². The molecule has 21 heavy (non-hydrogen) atoms. The van der Waals surface area contributed by atoms with Crippen LogP contribution in [0, 0.1) is 18.3 Å². The Morgan fingerprint density at radius 3 is 2.24 bits per heavy atom. The predicted octanol–water partition coefficient (Wildman–Crippen LogP) is 2.57. The van der Waals surface area contributed by atoms with E-state index in [0.29, 0.717) is 24.2 Å². The van der Waals surface area contributed by atoms with Crippen LogP contribution in [0.15, 0.2) is 47.4 Å². The number of nitrogens with zero attached hydrogens (tertiary/aromatic N) is 2. The predicted molar refractivity (Wildman–Crippen MR) is 78.8 cm³/mol. The van der Waals surface area contributed by atoms with E-state index < -0.39 is 10.0 Å². The van der Waals surface area contributed by atoms with E-state index in [9.17, 15) is 8.42 Å². The number of sulfonamides is 1. The van der Waals surface area contributed by atoms with E-state index >= 15 is 0 Å². The van der Waals surface area contributed by atoms with Crippen molar-refractivity contribution in [2.75, 3.05) is 0 Å². The fraction of sp³-hybridized carbons (Fsp3) is 0.188. The highest BCUT2D eigenvalue weighted by Gasteiger charge is 2.30. The molecule has 0 aliphatic carbocycles. The molecule has 1 aliphatic heterocycles. The second-order valence-corrected chi connectivity index (χ2v) is 7.07. The molecular formula is C16H14N2O2S. The van der Waals surface area contributed by atoms with Gasteiger partial charge in [0.05, 0.1) is 16.5 Å². The number of hydrogen-bond donors (Lipinski definition) is 0. The lowest BCUT2D eigenvalue weighted by Gasteiger charge is -2.16. The van der Waals surface area contributed by atoms with Gasteiger partial charge in [-0.3, -0.25) is 0 Å². The Bertz CT molecular complexity index is 826. The highest BCUT2D eigenvalue weighted by Crippen LogP contribution is 2.29. The van der Waals surface area contributed by atoms with Crippen molar-refractivity contribution in [2.45, 2.75) is 24.9 Å². The molecular weight excluding hydrogens is 284 g/mol. The molecule has 0 spiro atoms. The first kappa shape index (κ1) is 13.8. The molecule has 106 valence electrons. The molecule has 0 atom stereocenters. The summed E-state index contributed by atoms with van der Waals surface area (Å²) >= 11 is 0. The van der Waals surface area contributed by atoms with E-state index in [1.54, 1.807) is 19.1 Å². The Balaban J connectivity index is 1.96. The molecule has 0 unspecified atom stereocenters. The van der Waals surface area contributed by atoms with Crippen molar-refractivity contribution in [3.05, 3.63) is 64.7 Å². The van der Waals surface area contributed by atoms with E-state index in [4.69, 9.17) is 5.26 Å². The Kier molecular flexibility index (Phi) is 3.28. The zero-order valence-corrected chi connectivity index (χ0v) is 12.4. The van der Waals surface area contributed by atoms with Gasteiger partial charge < -0.3 is 0 Å². The zero-order chi connectivity index (χ0) is 15.0. The lowest BCUT2D eigenvalue weighted by atomic mass is 10.1. The van der Waals surface area contributed by atoms with Crippen LogP contribution in [0.3, 0.4) is 0 Å². The maximum absolute atomic E-state index is 12.7. The van der Waals surface area contributed by atoms with Gasteiger partial charge in [-0.05, 0) is 41.8 Å². The van der Waals surface area contributed by atoms with Gasteiger partial charge in [-0.25, -0.2) is 8.42 Å². The highest BCUT2D eigenvalue weighted by atomic mass is 32.2. The number of fused-ring (bicyclic) bond motifs is 1. The second-order valence-electron chi connectivity index (χ2n) is 5.13. The smallest absolute Gasteiger partial charge is 0.207 e. The molecule has 0 fully saturated rings. The minimum absolute atomic E-state index is 0.242. The van der Waals surface area contributed by atoms with E-state index in [2.05, 4.69) is 0 Å². The first-order valence-corrected chi connectivity index (χ1v) is 8.04. The van der Waals surface area contributed by atoms with Crippen LogP contribution >= 0.6 is 0 Å². The molecule has 1 aliphatic rings. The summed E-state index contributed by atoms with van der Waals surface area (Å²) in [5.41, 5.74) is 3.27. The Labute approximate surface area is 124 Å². The molecule has 1 heterocycles. The van der Waals surface area contributed by atoms with Crippen molar-refractivity contribution in [2.24, 2.45) is 0 Å². The molecule has 0 amide bonds. The lowest BCUT2D eigenvalue weighted by Crippen LogP contribution is -2.25. The second kappa shape index (κ2) is 4.99. The summed E-state index contributed by atoms with van der Waals surface area (Å²) in [7, 11) is -3.53. The third-order valence-electron chi connectivity index (χ3n) is 3.77. The molecule has 5 heteroatoms. The summed E-state index contributed by atoms with van der Waals surface area (Å²) in [5.74, 6) is 0. The van der Waals surface area contributed by atoms with Crippen molar-refractivity contribution in [1.82, 2.24) is 4.31 Å². The van der Waals surface area contributed by atoms with Crippen LogP contribution in [-0.2, 0) is 23.1 Å². The molecule has 0 bridgehead atoms. The number of benzene rings is 2. The minimum Gasteiger partial charge on any atom is -0.207 e. The van der Waals surface area contributed by atoms with Gasteiger partial charge in [0.1, 0.15) is 0 Å². The summed E-state index contributed by atoms with van der Waals surface area (Å²) in [5, 5.41) is 8.93. The van der Waals surface area contributed by atoms with Crippen LogP contribution in [0.25, 0.3) is 0 Å². The molecule has 0 N–H and O–H groups in total. The van der Waals surface area contributed by atoms with Gasteiger partial charge in [0.2, 0.25) is 10.0 Å². The SMILES string of the molecule is Cc1cc(S(=O)(=O)N2Cc3ccccc3C2)ccc1C#N.